The van der Waals surface area contributed by atoms with Crippen LogP contribution in [-0.4, -0.2) is 52.6 Å². The summed E-state index contributed by atoms with van der Waals surface area (Å²) in [6.07, 6.45) is 5.55. The van der Waals surface area contributed by atoms with Gasteiger partial charge in [-0.15, -0.1) is 0 Å². The highest BCUT2D eigenvalue weighted by atomic mass is 19.1. The molecule has 6 rings (SSSR count). The van der Waals surface area contributed by atoms with Gasteiger partial charge in [-0.1, -0.05) is 25.0 Å². The highest BCUT2D eigenvalue weighted by Gasteiger charge is 2.24. The zero-order valence-electron chi connectivity index (χ0n) is 20.4. The molecule has 0 bridgehead atoms. The summed E-state index contributed by atoms with van der Waals surface area (Å²) in [5.74, 6) is -0.706. The maximum atomic E-state index is 14.9. The van der Waals surface area contributed by atoms with E-state index in [0.717, 1.165) is 37.8 Å². The minimum absolute atomic E-state index is 0.0343. The third kappa shape index (κ3) is 4.79. The molecule has 2 aromatic heterocycles. The van der Waals surface area contributed by atoms with E-state index in [-0.39, 0.29) is 22.6 Å². The highest BCUT2D eigenvalue weighted by molar-refractivity contribution is 5.88. The van der Waals surface area contributed by atoms with Gasteiger partial charge in [0.25, 0.3) is 5.56 Å². The topological polar surface area (TPSA) is 91.1 Å². The predicted octanol–water partition coefficient (Wildman–Crippen LogP) is 4.43. The minimum atomic E-state index is -0.795. The molecule has 2 fully saturated rings. The van der Waals surface area contributed by atoms with Gasteiger partial charge in [-0.25, -0.2) is 9.37 Å². The Hall–Kier alpha value is -3.85. The zero-order valence-corrected chi connectivity index (χ0v) is 20.4. The molecule has 2 aromatic carbocycles. The Bertz CT molecular complexity index is 1510. The first-order valence-corrected chi connectivity index (χ1v) is 12.7. The molecule has 3 heterocycles. The van der Waals surface area contributed by atoms with Gasteiger partial charge in [-0.3, -0.25) is 9.69 Å². The molecule has 1 aliphatic carbocycles. The molecule has 0 unspecified atom stereocenters. The Balaban J connectivity index is 1.24. The first-order valence-electron chi connectivity index (χ1n) is 12.7. The van der Waals surface area contributed by atoms with Crippen LogP contribution in [0, 0.1) is 17.7 Å². The summed E-state index contributed by atoms with van der Waals surface area (Å²) in [5.41, 5.74) is 7.60. The molecular weight excluding hydrogens is 474 g/mol. The summed E-state index contributed by atoms with van der Waals surface area (Å²) in [4.78, 5) is 27.6. The molecule has 4 aromatic rings. The predicted molar refractivity (Wildman–Crippen MR) is 141 cm³/mol. The quantitative estimate of drug-likeness (QED) is 0.405. The average Bonchev–Trinajstić information content (AvgIpc) is 3.73. The lowest BCUT2D eigenvalue weighted by atomic mass is 10.0. The number of nitrogens with zero attached hydrogens (tertiary/aromatic N) is 4. The van der Waals surface area contributed by atoms with Crippen molar-refractivity contribution in [2.24, 2.45) is 5.92 Å². The van der Waals surface area contributed by atoms with Crippen molar-refractivity contribution in [2.45, 2.75) is 19.3 Å². The number of fused-ring (bicyclic) bond motifs is 1. The van der Waals surface area contributed by atoms with Gasteiger partial charge in [0.2, 0.25) is 5.95 Å². The molecular formula is C28H28F2N6O. The molecule has 1 aliphatic heterocycles. The number of rotatable bonds is 6. The Morgan fingerprint density at radius 2 is 1.70 bits per heavy atom. The van der Waals surface area contributed by atoms with Crippen molar-refractivity contribution in [3.05, 3.63) is 70.8 Å². The van der Waals surface area contributed by atoms with Crippen LogP contribution in [0.5, 0.6) is 0 Å². The SMILES string of the molecule is Nc1nc(F)c(-c2ccc(N3CCN(CCC4CC4)CC3)cc2)nc1-c1cc(F)c2c(=O)[nH]ccc2c1. The number of hydrogen-bond acceptors (Lipinski definition) is 6. The van der Waals surface area contributed by atoms with Crippen LogP contribution in [0.1, 0.15) is 19.3 Å². The monoisotopic (exact) mass is 502 g/mol. The van der Waals surface area contributed by atoms with E-state index in [9.17, 15) is 13.6 Å². The van der Waals surface area contributed by atoms with E-state index in [1.54, 1.807) is 12.1 Å². The first kappa shape index (κ1) is 23.5. The van der Waals surface area contributed by atoms with E-state index >= 15 is 0 Å². The van der Waals surface area contributed by atoms with Crippen LogP contribution in [0.4, 0.5) is 20.3 Å². The van der Waals surface area contributed by atoms with Gasteiger partial charge >= 0.3 is 0 Å². The summed E-state index contributed by atoms with van der Waals surface area (Å²) in [6.45, 7) is 5.20. The molecule has 0 atom stereocenters. The Labute approximate surface area is 213 Å². The fraction of sp³-hybridized carbons (Fsp3) is 0.321. The fourth-order valence-corrected chi connectivity index (χ4v) is 5.07. The largest absolute Gasteiger partial charge is 0.382 e. The van der Waals surface area contributed by atoms with Gasteiger partial charge in [0.05, 0.1) is 5.39 Å². The maximum absolute atomic E-state index is 14.9. The number of nitrogen functional groups attached to an aromatic ring is 1. The number of halogens is 2. The number of anilines is 2. The molecule has 1 saturated heterocycles. The maximum Gasteiger partial charge on any atom is 0.258 e. The van der Waals surface area contributed by atoms with Crippen molar-refractivity contribution in [3.8, 4) is 22.5 Å². The lowest BCUT2D eigenvalue weighted by molar-refractivity contribution is 0.250. The van der Waals surface area contributed by atoms with Gasteiger partial charge in [-0.05, 0) is 54.6 Å². The van der Waals surface area contributed by atoms with E-state index in [0.29, 0.717) is 16.5 Å². The van der Waals surface area contributed by atoms with Crippen molar-refractivity contribution >= 4 is 22.3 Å². The summed E-state index contributed by atoms with van der Waals surface area (Å²) in [5, 5.41) is 0.335. The number of nitrogens with one attached hydrogen (secondary N) is 1. The molecule has 0 amide bonds. The lowest BCUT2D eigenvalue weighted by Gasteiger charge is -2.36. The molecule has 190 valence electrons. The zero-order chi connectivity index (χ0) is 25.5. The van der Waals surface area contributed by atoms with Crippen molar-refractivity contribution in [1.82, 2.24) is 19.9 Å². The van der Waals surface area contributed by atoms with Gasteiger partial charge in [0.15, 0.2) is 5.82 Å². The minimum Gasteiger partial charge on any atom is -0.382 e. The summed E-state index contributed by atoms with van der Waals surface area (Å²) in [7, 11) is 0. The van der Waals surface area contributed by atoms with E-state index in [2.05, 4.69) is 24.8 Å². The smallest absolute Gasteiger partial charge is 0.258 e. The second kappa shape index (κ2) is 9.55. The molecule has 9 heteroatoms. The Kier molecular flexibility index (Phi) is 6.08. The van der Waals surface area contributed by atoms with Crippen LogP contribution in [0.2, 0.25) is 0 Å². The molecule has 7 nitrogen and oxygen atoms in total. The Morgan fingerprint density at radius 3 is 2.43 bits per heavy atom. The van der Waals surface area contributed by atoms with Crippen LogP contribution < -0.4 is 16.2 Å². The number of hydrogen-bond donors (Lipinski definition) is 2. The number of nitrogens with two attached hydrogens (primary N) is 1. The number of H-pyrrole nitrogens is 1. The third-order valence-electron chi connectivity index (χ3n) is 7.41. The lowest BCUT2D eigenvalue weighted by Crippen LogP contribution is -2.46. The number of aromatic amines is 1. The van der Waals surface area contributed by atoms with E-state index < -0.39 is 17.3 Å². The van der Waals surface area contributed by atoms with E-state index in [4.69, 9.17) is 5.73 Å². The van der Waals surface area contributed by atoms with Crippen LogP contribution in [0.3, 0.4) is 0 Å². The van der Waals surface area contributed by atoms with Crippen molar-refractivity contribution in [3.63, 3.8) is 0 Å². The van der Waals surface area contributed by atoms with Crippen LogP contribution >= 0.6 is 0 Å². The molecule has 37 heavy (non-hydrogen) atoms. The molecule has 2 aliphatic rings. The number of aromatic nitrogens is 3. The van der Waals surface area contributed by atoms with Crippen LogP contribution in [-0.2, 0) is 0 Å². The molecule has 1 saturated carbocycles. The van der Waals surface area contributed by atoms with Crippen LogP contribution in [0.15, 0.2) is 53.5 Å². The molecule has 0 radical (unpaired) electrons. The van der Waals surface area contributed by atoms with Crippen molar-refractivity contribution in [2.75, 3.05) is 43.4 Å². The summed E-state index contributed by atoms with van der Waals surface area (Å²) < 4.78 is 29.6. The van der Waals surface area contributed by atoms with Gasteiger partial charge in [0.1, 0.15) is 17.2 Å². The highest BCUT2D eigenvalue weighted by Crippen LogP contribution is 2.33. The number of benzene rings is 2. The van der Waals surface area contributed by atoms with E-state index in [1.165, 1.54) is 38.1 Å². The normalized spacial score (nSPS) is 16.4. The number of pyridine rings is 1. The van der Waals surface area contributed by atoms with Gasteiger partial charge < -0.3 is 15.6 Å². The molecule has 0 spiro atoms. The summed E-state index contributed by atoms with van der Waals surface area (Å²) >= 11 is 0. The second-order valence-corrected chi connectivity index (χ2v) is 9.93. The standard InChI is InChI=1S/C28H28F2N6O/c29-22-16-20(15-19-7-9-32-28(37)23(19)22)25-27(31)34-26(30)24(33-25)18-3-5-21(6-4-18)36-13-11-35(12-14-36)10-8-17-1-2-17/h3-7,9,15-17H,1-2,8,10-14H2,(H2,31,34)(H,32,37). The third-order valence-corrected chi connectivity index (χ3v) is 7.41. The van der Waals surface area contributed by atoms with E-state index in [1.807, 2.05) is 24.3 Å². The van der Waals surface area contributed by atoms with Gasteiger partial charge in [-0.2, -0.15) is 9.37 Å². The first-order chi connectivity index (χ1) is 18.0. The van der Waals surface area contributed by atoms with Crippen molar-refractivity contribution < 1.29 is 8.78 Å². The van der Waals surface area contributed by atoms with Crippen LogP contribution in [0.25, 0.3) is 33.3 Å². The Morgan fingerprint density at radius 1 is 0.946 bits per heavy atom. The summed E-state index contributed by atoms with van der Waals surface area (Å²) in [6, 6.07) is 11.9. The van der Waals surface area contributed by atoms with Crippen molar-refractivity contribution in [1.29, 1.82) is 0 Å². The molecule has 3 N–H and O–H groups in total. The van der Waals surface area contributed by atoms with Gasteiger partial charge in [0, 0.05) is 49.2 Å². The number of piperazine rings is 1. The second-order valence-electron chi connectivity index (χ2n) is 9.93. The average molecular weight is 503 g/mol. The fourth-order valence-electron chi connectivity index (χ4n) is 5.07.